The van der Waals surface area contributed by atoms with Crippen molar-refractivity contribution in [2.24, 2.45) is 0 Å². The lowest BCUT2D eigenvalue weighted by molar-refractivity contribution is 0.479. The molecule has 2 aromatic carbocycles. The zero-order chi connectivity index (χ0) is 14.5. The minimum absolute atomic E-state index is 0.323. The molecular weight excluding hydrogens is 345 g/mol. The molecule has 0 heterocycles. The molecule has 0 saturated heterocycles. The van der Waals surface area contributed by atoms with E-state index in [-0.39, 0.29) is 5.82 Å². The summed E-state index contributed by atoms with van der Waals surface area (Å²) in [7, 11) is 0. The fourth-order valence-electron chi connectivity index (χ4n) is 1.67. The van der Waals surface area contributed by atoms with E-state index >= 15 is 0 Å². The van der Waals surface area contributed by atoms with Gasteiger partial charge in [0.2, 0.25) is 0 Å². The van der Waals surface area contributed by atoms with E-state index in [1.165, 1.54) is 6.07 Å². The van der Waals surface area contributed by atoms with Crippen molar-refractivity contribution in [1.29, 1.82) is 0 Å². The van der Waals surface area contributed by atoms with Crippen LogP contribution in [-0.2, 0) is 6.54 Å². The summed E-state index contributed by atoms with van der Waals surface area (Å²) in [6, 6.07) is 10.0. The molecule has 2 nitrogen and oxygen atoms in total. The fraction of sp³-hybridized carbons (Fsp3) is 0.200. The lowest BCUT2D eigenvalue weighted by Gasteiger charge is -2.09. The Morgan fingerprint density at radius 3 is 2.55 bits per heavy atom. The first-order valence-electron chi connectivity index (χ1n) is 6.22. The average Bonchev–Trinajstić information content (AvgIpc) is 2.42. The Morgan fingerprint density at radius 1 is 1.20 bits per heavy atom. The van der Waals surface area contributed by atoms with Crippen molar-refractivity contribution in [1.82, 2.24) is 5.32 Å². The monoisotopic (exact) mass is 357 g/mol. The Labute approximate surface area is 131 Å². The highest BCUT2D eigenvalue weighted by molar-refractivity contribution is 9.10. The van der Waals surface area contributed by atoms with Gasteiger partial charge in [-0.3, -0.25) is 0 Å². The Bertz CT molecular complexity index is 606. The van der Waals surface area contributed by atoms with Crippen LogP contribution in [0.1, 0.15) is 12.5 Å². The lowest BCUT2D eigenvalue weighted by atomic mass is 10.2. The van der Waals surface area contributed by atoms with Crippen LogP contribution in [0.4, 0.5) is 4.39 Å². The summed E-state index contributed by atoms with van der Waals surface area (Å²) in [5, 5.41) is 3.86. The van der Waals surface area contributed by atoms with Crippen molar-refractivity contribution in [2.45, 2.75) is 13.5 Å². The Hall–Kier alpha value is -1.10. The first kappa shape index (κ1) is 15.3. The molecule has 0 aliphatic carbocycles. The van der Waals surface area contributed by atoms with E-state index in [0.29, 0.717) is 21.0 Å². The van der Waals surface area contributed by atoms with Crippen LogP contribution in [0.25, 0.3) is 0 Å². The van der Waals surface area contributed by atoms with Gasteiger partial charge >= 0.3 is 0 Å². The van der Waals surface area contributed by atoms with Crippen LogP contribution in [0.3, 0.4) is 0 Å². The van der Waals surface area contributed by atoms with Gasteiger partial charge in [0.1, 0.15) is 17.3 Å². The molecule has 0 aliphatic heterocycles. The Kier molecular flexibility index (Phi) is 5.40. The maximum absolute atomic E-state index is 13.1. The summed E-state index contributed by atoms with van der Waals surface area (Å²) in [6.45, 7) is 3.65. The summed E-state index contributed by atoms with van der Waals surface area (Å²) < 4.78 is 19.2. The Morgan fingerprint density at radius 2 is 1.90 bits per heavy atom. The average molecular weight is 359 g/mol. The molecule has 0 radical (unpaired) electrons. The largest absolute Gasteiger partial charge is 0.457 e. The molecule has 106 valence electrons. The number of benzene rings is 2. The molecule has 20 heavy (non-hydrogen) atoms. The van der Waals surface area contributed by atoms with E-state index in [4.69, 9.17) is 16.3 Å². The maximum Gasteiger partial charge on any atom is 0.137 e. The number of hydrogen-bond acceptors (Lipinski definition) is 2. The van der Waals surface area contributed by atoms with Crippen LogP contribution in [0, 0.1) is 5.82 Å². The van der Waals surface area contributed by atoms with Gasteiger partial charge in [0, 0.05) is 11.6 Å². The van der Waals surface area contributed by atoms with E-state index in [1.807, 2.05) is 19.1 Å². The molecule has 0 atom stereocenters. The molecule has 0 aromatic heterocycles. The third kappa shape index (κ3) is 3.95. The van der Waals surface area contributed by atoms with Gasteiger partial charge in [0.25, 0.3) is 0 Å². The van der Waals surface area contributed by atoms with Crippen LogP contribution in [-0.4, -0.2) is 6.54 Å². The topological polar surface area (TPSA) is 21.3 Å². The quantitative estimate of drug-likeness (QED) is 0.798. The van der Waals surface area contributed by atoms with Gasteiger partial charge in [0.05, 0.1) is 4.47 Å². The molecule has 0 saturated carbocycles. The number of rotatable bonds is 5. The van der Waals surface area contributed by atoms with Crippen LogP contribution >= 0.6 is 27.5 Å². The molecule has 0 fully saturated rings. The summed E-state index contributed by atoms with van der Waals surface area (Å²) in [4.78, 5) is 0. The van der Waals surface area contributed by atoms with Crippen molar-refractivity contribution in [3.05, 3.63) is 57.3 Å². The zero-order valence-electron chi connectivity index (χ0n) is 10.9. The molecular formula is C15H14BrClFNO. The molecule has 2 aromatic rings. The number of nitrogens with one attached hydrogen (secondary N) is 1. The normalized spacial score (nSPS) is 10.6. The molecule has 0 bridgehead atoms. The third-order valence-electron chi connectivity index (χ3n) is 2.72. The van der Waals surface area contributed by atoms with E-state index in [9.17, 15) is 4.39 Å². The van der Waals surface area contributed by atoms with E-state index in [1.54, 1.807) is 18.2 Å². The maximum atomic E-state index is 13.1. The third-order valence-corrected chi connectivity index (χ3v) is 3.68. The summed E-state index contributed by atoms with van der Waals surface area (Å²) in [6.07, 6.45) is 0. The second-order valence-electron chi connectivity index (χ2n) is 4.21. The lowest BCUT2D eigenvalue weighted by Crippen LogP contribution is -2.11. The first-order valence-corrected chi connectivity index (χ1v) is 7.39. The summed E-state index contributed by atoms with van der Waals surface area (Å²) in [5.74, 6) is 0.846. The summed E-state index contributed by atoms with van der Waals surface area (Å²) >= 11 is 9.32. The molecule has 2 rings (SSSR count). The van der Waals surface area contributed by atoms with E-state index in [2.05, 4.69) is 21.2 Å². The van der Waals surface area contributed by atoms with Crippen LogP contribution in [0.5, 0.6) is 11.5 Å². The summed E-state index contributed by atoms with van der Waals surface area (Å²) in [5.41, 5.74) is 1.01. The predicted octanol–water partition coefficient (Wildman–Crippen LogP) is 5.14. The van der Waals surface area contributed by atoms with Crippen molar-refractivity contribution < 1.29 is 9.13 Å². The van der Waals surface area contributed by atoms with Gasteiger partial charge in [-0.05, 0) is 58.4 Å². The predicted molar refractivity (Wildman–Crippen MR) is 83.0 cm³/mol. The first-order chi connectivity index (χ1) is 9.60. The number of halogens is 3. The van der Waals surface area contributed by atoms with Crippen molar-refractivity contribution in [2.75, 3.05) is 6.54 Å². The number of ether oxygens (including phenoxy) is 1. The minimum Gasteiger partial charge on any atom is -0.457 e. The molecule has 0 amide bonds. The van der Waals surface area contributed by atoms with Gasteiger partial charge in [0.15, 0.2) is 0 Å². The van der Waals surface area contributed by atoms with Crippen molar-refractivity contribution in [3.8, 4) is 11.5 Å². The highest BCUT2D eigenvalue weighted by Gasteiger charge is 2.05. The molecule has 0 aliphatic rings. The second-order valence-corrected chi connectivity index (χ2v) is 5.47. The minimum atomic E-state index is -0.323. The van der Waals surface area contributed by atoms with Gasteiger partial charge < -0.3 is 10.1 Å². The van der Waals surface area contributed by atoms with Crippen LogP contribution in [0.15, 0.2) is 40.9 Å². The molecule has 5 heteroatoms. The second kappa shape index (κ2) is 7.07. The highest BCUT2D eigenvalue weighted by Crippen LogP contribution is 2.29. The van der Waals surface area contributed by atoms with Crippen molar-refractivity contribution in [3.63, 3.8) is 0 Å². The van der Waals surface area contributed by atoms with Gasteiger partial charge in [-0.25, -0.2) is 4.39 Å². The number of hydrogen-bond donors (Lipinski definition) is 1. The van der Waals surface area contributed by atoms with Gasteiger partial charge in [-0.1, -0.05) is 24.6 Å². The van der Waals surface area contributed by atoms with E-state index < -0.39 is 0 Å². The molecule has 0 unspecified atom stereocenters. The SMILES string of the molecule is CCNCc1ccc(Oc2ccc(F)c(Br)c2)cc1Cl. The highest BCUT2D eigenvalue weighted by atomic mass is 79.9. The van der Waals surface area contributed by atoms with Gasteiger partial charge in [-0.15, -0.1) is 0 Å². The van der Waals surface area contributed by atoms with Crippen LogP contribution in [0.2, 0.25) is 5.02 Å². The Balaban J connectivity index is 2.13. The zero-order valence-corrected chi connectivity index (χ0v) is 13.3. The molecule has 1 N–H and O–H groups in total. The fourth-order valence-corrected chi connectivity index (χ4v) is 2.27. The smallest absolute Gasteiger partial charge is 0.137 e. The van der Waals surface area contributed by atoms with Crippen molar-refractivity contribution >= 4 is 27.5 Å². The standard InChI is InChI=1S/C15H14BrClFNO/c1-2-19-9-10-3-4-12(8-14(10)17)20-11-5-6-15(18)13(16)7-11/h3-8,19H,2,9H2,1H3. The van der Waals surface area contributed by atoms with E-state index in [0.717, 1.165) is 18.7 Å². The van der Waals surface area contributed by atoms with Gasteiger partial charge in [-0.2, -0.15) is 0 Å². The molecule has 0 spiro atoms. The van der Waals surface area contributed by atoms with Crippen LogP contribution < -0.4 is 10.1 Å².